The number of nitrogens with zero attached hydrogens (tertiary/aromatic N) is 1. The summed E-state index contributed by atoms with van der Waals surface area (Å²) in [5.41, 5.74) is 3.48. The number of fused-ring (bicyclic) bond motifs is 1. The molecule has 0 fully saturated rings. The fourth-order valence-electron chi connectivity index (χ4n) is 2.03. The van der Waals surface area contributed by atoms with Crippen LogP contribution in [-0.2, 0) is 6.54 Å². The van der Waals surface area contributed by atoms with Gasteiger partial charge in [-0.05, 0) is 30.7 Å². The third kappa shape index (κ3) is 3.06. The molecule has 0 unspecified atom stereocenters. The summed E-state index contributed by atoms with van der Waals surface area (Å²) in [5, 5.41) is 4.47. The summed E-state index contributed by atoms with van der Waals surface area (Å²) < 4.78 is 1.23. The third-order valence-corrected chi connectivity index (χ3v) is 4.05. The second-order valence-corrected chi connectivity index (χ2v) is 5.75. The van der Waals surface area contributed by atoms with E-state index in [-0.39, 0.29) is 0 Å². The van der Waals surface area contributed by atoms with Crippen LogP contribution in [0.3, 0.4) is 0 Å². The normalized spacial score (nSPS) is 11.8. The molecule has 0 aliphatic rings. The van der Waals surface area contributed by atoms with Gasteiger partial charge in [0, 0.05) is 12.2 Å². The zero-order chi connectivity index (χ0) is 13.8. The van der Waals surface area contributed by atoms with Crippen molar-refractivity contribution in [1.29, 1.82) is 0 Å². The van der Waals surface area contributed by atoms with Crippen LogP contribution in [0.4, 0.5) is 0 Å². The molecule has 0 aliphatic carbocycles. The molecule has 1 aromatic heterocycles. The summed E-state index contributed by atoms with van der Waals surface area (Å²) in [6, 6.07) is 18.6. The maximum Gasteiger partial charge on any atom is 0.119 e. The third-order valence-electron chi connectivity index (χ3n) is 3.06. The summed E-state index contributed by atoms with van der Waals surface area (Å²) in [6.07, 6.45) is 2.10. The largest absolute Gasteiger partial charge is 0.384 e. The highest BCUT2D eigenvalue weighted by atomic mass is 32.1. The SMILES string of the molecule is C/C(=C\c1nc2ccccc2s1)NCc1ccccc1. The Bertz CT molecular complexity index is 696. The first-order chi connectivity index (χ1) is 9.81. The maximum absolute atomic E-state index is 4.61. The summed E-state index contributed by atoms with van der Waals surface area (Å²) >= 11 is 1.72. The molecular weight excluding hydrogens is 264 g/mol. The number of rotatable bonds is 4. The molecule has 2 aromatic carbocycles. The summed E-state index contributed by atoms with van der Waals surface area (Å²) in [5.74, 6) is 0. The predicted octanol–water partition coefficient (Wildman–Crippen LogP) is 4.45. The Morgan fingerprint density at radius 1 is 1.10 bits per heavy atom. The van der Waals surface area contributed by atoms with E-state index < -0.39 is 0 Å². The van der Waals surface area contributed by atoms with Crippen molar-refractivity contribution >= 4 is 27.6 Å². The second kappa shape index (κ2) is 5.88. The van der Waals surface area contributed by atoms with Crippen molar-refractivity contribution in [2.75, 3.05) is 0 Å². The number of nitrogens with one attached hydrogen (secondary N) is 1. The quantitative estimate of drug-likeness (QED) is 0.764. The van der Waals surface area contributed by atoms with Crippen LogP contribution in [0.1, 0.15) is 17.5 Å². The van der Waals surface area contributed by atoms with Crippen molar-refractivity contribution < 1.29 is 0 Å². The molecule has 3 heteroatoms. The molecule has 1 N–H and O–H groups in total. The summed E-state index contributed by atoms with van der Waals surface area (Å²) in [4.78, 5) is 4.61. The minimum atomic E-state index is 0.841. The highest BCUT2D eigenvalue weighted by molar-refractivity contribution is 7.19. The summed E-state index contributed by atoms with van der Waals surface area (Å²) in [7, 11) is 0. The van der Waals surface area contributed by atoms with Gasteiger partial charge in [0.2, 0.25) is 0 Å². The molecule has 1 heterocycles. The van der Waals surface area contributed by atoms with Crippen molar-refractivity contribution in [3.05, 3.63) is 70.9 Å². The molecule has 20 heavy (non-hydrogen) atoms. The minimum Gasteiger partial charge on any atom is -0.384 e. The second-order valence-electron chi connectivity index (χ2n) is 4.69. The van der Waals surface area contributed by atoms with Crippen LogP contribution in [0.15, 0.2) is 60.3 Å². The highest BCUT2D eigenvalue weighted by Gasteiger charge is 2.00. The molecule has 3 rings (SSSR count). The average Bonchev–Trinajstić information content (AvgIpc) is 2.88. The van der Waals surface area contributed by atoms with Gasteiger partial charge in [-0.25, -0.2) is 4.98 Å². The van der Waals surface area contributed by atoms with E-state index in [1.54, 1.807) is 11.3 Å². The Balaban J connectivity index is 1.71. The zero-order valence-corrected chi connectivity index (χ0v) is 12.2. The number of aromatic nitrogens is 1. The van der Waals surface area contributed by atoms with Gasteiger partial charge in [0.05, 0.1) is 10.2 Å². The fraction of sp³-hybridized carbons (Fsp3) is 0.118. The fourth-order valence-corrected chi connectivity index (χ4v) is 3.00. The van der Waals surface area contributed by atoms with E-state index >= 15 is 0 Å². The number of para-hydroxylation sites is 1. The van der Waals surface area contributed by atoms with Gasteiger partial charge in [-0.3, -0.25) is 0 Å². The molecule has 0 saturated carbocycles. The molecular formula is C17H16N2S. The Hall–Kier alpha value is -2.13. The van der Waals surface area contributed by atoms with Gasteiger partial charge in [-0.2, -0.15) is 0 Å². The van der Waals surface area contributed by atoms with Gasteiger partial charge in [-0.1, -0.05) is 42.5 Å². The molecule has 0 saturated heterocycles. The van der Waals surface area contributed by atoms with Crippen LogP contribution in [0, 0.1) is 0 Å². The lowest BCUT2D eigenvalue weighted by atomic mass is 10.2. The van der Waals surface area contributed by atoms with Crippen molar-refractivity contribution in [3.63, 3.8) is 0 Å². The van der Waals surface area contributed by atoms with Crippen LogP contribution in [0.5, 0.6) is 0 Å². The van der Waals surface area contributed by atoms with Gasteiger partial charge >= 0.3 is 0 Å². The van der Waals surface area contributed by atoms with Gasteiger partial charge in [0.1, 0.15) is 5.01 Å². The molecule has 0 bridgehead atoms. The number of allylic oxidation sites excluding steroid dienone is 1. The summed E-state index contributed by atoms with van der Waals surface area (Å²) in [6.45, 7) is 2.92. The van der Waals surface area contributed by atoms with Crippen molar-refractivity contribution in [2.24, 2.45) is 0 Å². The van der Waals surface area contributed by atoms with Crippen molar-refractivity contribution in [2.45, 2.75) is 13.5 Å². The molecule has 0 atom stereocenters. The van der Waals surface area contributed by atoms with Crippen LogP contribution in [0.2, 0.25) is 0 Å². The monoisotopic (exact) mass is 280 g/mol. The predicted molar refractivity (Wildman–Crippen MR) is 86.6 cm³/mol. The zero-order valence-electron chi connectivity index (χ0n) is 11.3. The van der Waals surface area contributed by atoms with Gasteiger partial charge in [-0.15, -0.1) is 11.3 Å². The van der Waals surface area contributed by atoms with Crippen LogP contribution in [-0.4, -0.2) is 4.98 Å². The number of hydrogen-bond donors (Lipinski definition) is 1. The first-order valence-electron chi connectivity index (χ1n) is 6.63. The molecule has 0 aliphatic heterocycles. The van der Waals surface area contributed by atoms with E-state index in [1.807, 2.05) is 12.1 Å². The van der Waals surface area contributed by atoms with E-state index in [0.717, 1.165) is 22.8 Å². The standard InChI is InChI=1S/C17H16N2S/c1-13(18-12-14-7-3-2-4-8-14)11-17-19-15-9-5-6-10-16(15)20-17/h2-11,18H,12H2,1H3/b13-11+. The Morgan fingerprint density at radius 2 is 1.85 bits per heavy atom. The number of benzene rings is 2. The minimum absolute atomic E-state index is 0.841. The topological polar surface area (TPSA) is 24.9 Å². The smallest absolute Gasteiger partial charge is 0.119 e. The molecule has 0 amide bonds. The van der Waals surface area contributed by atoms with E-state index in [1.165, 1.54) is 10.3 Å². The Labute approximate surface area is 122 Å². The Morgan fingerprint density at radius 3 is 2.65 bits per heavy atom. The van der Waals surface area contributed by atoms with Crippen molar-refractivity contribution in [3.8, 4) is 0 Å². The van der Waals surface area contributed by atoms with Gasteiger partial charge in [0.25, 0.3) is 0 Å². The highest BCUT2D eigenvalue weighted by Crippen LogP contribution is 2.22. The van der Waals surface area contributed by atoms with Gasteiger partial charge in [0.15, 0.2) is 0 Å². The van der Waals surface area contributed by atoms with E-state index in [2.05, 4.69) is 65.8 Å². The lowest BCUT2D eigenvalue weighted by molar-refractivity contribution is 0.818. The molecule has 3 aromatic rings. The van der Waals surface area contributed by atoms with E-state index in [9.17, 15) is 0 Å². The molecule has 100 valence electrons. The van der Waals surface area contributed by atoms with Crippen molar-refractivity contribution in [1.82, 2.24) is 10.3 Å². The maximum atomic E-state index is 4.61. The molecule has 0 radical (unpaired) electrons. The van der Waals surface area contributed by atoms with E-state index in [0.29, 0.717) is 0 Å². The van der Waals surface area contributed by atoms with Crippen LogP contribution in [0.25, 0.3) is 16.3 Å². The van der Waals surface area contributed by atoms with Crippen LogP contribution >= 0.6 is 11.3 Å². The number of thiazole rings is 1. The first-order valence-corrected chi connectivity index (χ1v) is 7.44. The lowest BCUT2D eigenvalue weighted by Gasteiger charge is -2.05. The average molecular weight is 280 g/mol. The lowest BCUT2D eigenvalue weighted by Crippen LogP contribution is -2.09. The van der Waals surface area contributed by atoms with E-state index in [4.69, 9.17) is 0 Å². The van der Waals surface area contributed by atoms with Gasteiger partial charge < -0.3 is 5.32 Å². The molecule has 2 nitrogen and oxygen atoms in total. The van der Waals surface area contributed by atoms with Crippen LogP contribution < -0.4 is 5.32 Å². The Kier molecular flexibility index (Phi) is 3.79. The molecule has 0 spiro atoms. The first kappa shape index (κ1) is 12.9. The number of hydrogen-bond acceptors (Lipinski definition) is 3.